The van der Waals surface area contributed by atoms with Crippen LogP contribution in [0.3, 0.4) is 0 Å². The summed E-state index contributed by atoms with van der Waals surface area (Å²) < 4.78 is 77.5. The van der Waals surface area contributed by atoms with Gasteiger partial charge in [-0.05, 0) is 51.9 Å². The summed E-state index contributed by atoms with van der Waals surface area (Å²) in [5.74, 6) is 2.42. The molecule has 1 saturated carbocycles. The molecular formula is C25H47BN7O6S3. The van der Waals surface area contributed by atoms with Gasteiger partial charge in [-0.1, -0.05) is 21.3 Å². The van der Waals surface area contributed by atoms with E-state index in [1.54, 1.807) is 0 Å². The second kappa shape index (κ2) is 14.3. The van der Waals surface area contributed by atoms with Gasteiger partial charge in [-0.2, -0.15) is 0 Å². The summed E-state index contributed by atoms with van der Waals surface area (Å²) in [7, 11) is -9.44. The molecule has 3 saturated heterocycles. The van der Waals surface area contributed by atoms with Gasteiger partial charge in [0, 0.05) is 59.0 Å². The lowest BCUT2D eigenvalue weighted by atomic mass is 9.65. The zero-order chi connectivity index (χ0) is 29.2. The Morgan fingerprint density at radius 3 is 2.12 bits per heavy atom. The van der Waals surface area contributed by atoms with Crippen molar-refractivity contribution in [1.82, 2.24) is 19.4 Å². The van der Waals surface area contributed by atoms with Crippen molar-refractivity contribution in [2.24, 2.45) is 19.2 Å². The number of piperidine rings is 2. The van der Waals surface area contributed by atoms with Crippen LogP contribution in [0.15, 0.2) is 13.8 Å². The number of sulfonamides is 3. The minimum atomic E-state index is -3.19. The summed E-state index contributed by atoms with van der Waals surface area (Å²) in [6.45, 7) is 10.1. The van der Waals surface area contributed by atoms with E-state index in [0.29, 0.717) is 30.9 Å². The molecule has 17 heteroatoms. The number of hydrogen-bond acceptors (Lipinski definition) is 10. The van der Waals surface area contributed by atoms with Crippen LogP contribution in [0.5, 0.6) is 0 Å². The fourth-order valence-corrected chi connectivity index (χ4v) is 9.18. The van der Waals surface area contributed by atoms with Gasteiger partial charge in [0.25, 0.3) is 30.1 Å². The topological polar surface area (TPSA) is 161 Å². The van der Waals surface area contributed by atoms with Crippen molar-refractivity contribution in [2.75, 3.05) is 50.1 Å². The molecule has 42 heavy (non-hydrogen) atoms. The van der Waals surface area contributed by atoms with Gasteiger partial charge < -0.3 is 14.7 Å². The van der Waals surface area contributed by atoms with E-state index in [2.05, 4.69) is 35.2 Å². The number of nitrogens with zero attached hydrogens (tertiary/aromatic N) is 6. The van der Waals surface area contributed by atoms with Gasteiger partial charge in [-0.15, -0.1) is 8.80 Å². The minimum absolute atomic E-state index is 0. The van der Waals surface area contributed by atoms with Crippen molar-refractivity contribution in [3.63, 3.8) is 0 Å². The second-order valence-corrected chi connectivity index (χ2v) is 16.3. The molecule has 7 aliphatic rings. The standard InChI is InChI=1S/C11H18N2O2S.C8H15N3O2S.C5H10N2O2S.CH4.B/c1-2-11-5-3-9(4-6-11)13-7-8-16(14,15)12-10(11)13;1-2-10-4-3-5-11-6-7-14(12,13)9-8(10)11;1-2-3-5-6-4-10(8,9)7-5;;/h9H,2-8H2,1H3;2-7H2,1H3;2-4H2,1H3,(H,6,7);1H4;. The first kappa shape index (κ1) is 36.3. The maximum atomic E-state index is 11.6. The van der Waals surface area contributed by atoms with E-state index in [1.165, 1.54) is 12.8 Å². The SMILES string of the molecule is C.CCC12CCC(CC1)N1CCS(=O)(=O)N=C12.CCCC1=NCS(=O)(=O)N1.CCN1CCCN2CCS(=O)(=O)N=C12.[B]. The molecule has 1 N–H and O–H groups in total. The normalized spacial score (nSPS) is 29.2. The lowest BCUT2D eigenvalue weighted by Gasteiger charge is -2.55. The monoisotopic (exact) mass is 648 g/mol. The zero-order valence-corrected chi connectivity index (χ0v) is 26.8. The Hall–Kier alpha value is -1.88. The first-order valence-electron chi connectivity index (χ1n) is 14.3. The predicted octanol–water partition coefficient (Wildman–Crippen LogP) is 1.43. The molecule has 0 unspecified atom stereocenters. The van der Waals surface area contributed by atoms with E-state index >= 15 is 0 Å². The first-order valence-corrected chi connectivity index (χ1v) is 19.2. The van der Waals surface area contributed by atoms with Crippen LogP contribution in [0.2, 0.25) is 0 Å². The van der Waals surface area contributed by atoms with Gasteiger partial charge in [0.1, 0.15) is 11.7 Å². The number of nitrogens with one attached hydrogen (secondary N) is 1. The first-order chi connectivity index (χ1) is 18.8. The van der Waals surface area contributed by atoms with Crippen LogP contribution in [-0.2, 0) is 30.1 Å². The van der Waals surface area contributed by atoms with E-state index in [-0.39, 0.29) is 38.6 Å². The molecule has 6 heterocycles. The van der Waals surface area contributed by atoms with Crippen molar-refractivity contribution in [3.8, 4) is 0 Å². The molecule has 3 radical (unpaired) electrons. The maximum absolute atomic E-state index is 11.6. The van der Waals surface area contributed by atoms with Crippen molar-refractivity contribution in [2.45, 2.75) is 85.6 Å². The largest absolute Gasteiger partial charge is 0.355 e. The Labute approximate surface area is 255 Å². The van der Waals surface area contributed by atoms with E-state index < -0.39 is 30.1 Å². The van der Waals surface area contributed by atoms with Gasteiger partial charge in [0.05, 0.1) is 11.5 Å². The van der Waals surface area contributed by atoms with Gasteiger partial charge in [0.15, 0.2) is 5.88 Å². The highest BCUT2D eigenvalue weighted by Crippen LogP contribution is 2.49. The molecule has 13 nitrogen and oxygen atoms in total. The van der Waals surface area contributed by atoms with Crippen molar-refractivity contribution in [3.05, 3.63) is 0 Å². The Morgan fingerprint density at radius 2 is 1.55 bits per heavy atom. The average Bonchev–Trinajstić information content (AvgIpc) is 3.27. The lowest BCUT2D eigenvalue weighted by Crippen LogP contribution is -2.60. The van der Waals surface area contributed by atoms with Gasteiger partial charge in [-0.3, -0.25) is 9.71 Å². The predicted molar refractivity (Wildman–Crippen MR) is 169 cm³/mol. The highest BCUT2D eigenvalue weighted by atomic mass is 32.2. The Kier molecular flexibility index (Phi) is 12.3. The van der Waals surface area contributed by atoms with E-state index in [4.69, 9.17) is 0 Å². The van der Waals surface area contributed by atoms with Gasteiger partial charge in [0.2, 0.25) is 5.96 Å². The molecule has 0 amide bonds. The summed E-state index contributed by atoms with van der Waals surface area (Å²) in [4.78, 5) is 10.2. The molecule has 0 aromatic carbocycles. The smallest absolute Gasteiger partial charge is 0.258 e. The molecule has 4 fully saturated rings. The van der Waals surface area contributed by atoms with E-state index in [0.717, 1.165) is 64.0 Å². The van der Waals surface area contributed by atoms with Crippen LogP contribution in [0.25, 0.3) is 0 Å². The van der Waals surface area contributed by atoms with Gasteiger partial charge >= 0.3 is 0 Å². The van der Waals surface area contributed by atoms with Crippen LogP contribution < -0.4 is 4.72 Å². The number of guanidine groups is 1. The molecule has 0 aromatic rings. The summed E-state index contributed by atoms with van der Waals surface area (Å²) in [6, 6.07) is 0.558. The molecule has 0 aromatic heterocycles. The molecule has 7 rings (SSSR count). The number of amidine groups is 2. The molecule has 2 bridgehead atoms. The second-order valence-electron chi connectivity index (χ2n) is 11.1. The summed E-state index contributed by atoms with van der Waals surface area (Å²) in [5, 5.41) is 0. The minimum Gasteiger partial charge on any atom is -0.355 e. The summed E-state index contributed by atoms with van der Waals surface area (Å²) in [6.07, 6.45) is 8.43. The molecule has 6 aliphatic heterocycles. The van der Waals surface area contributed by atoms with Crippen LogP contribution >= 0.6 is 0 Å². The third-order valence-corrected chi connectivity index (χ3v) is 11.7. The van der Waals surface area contributed by atoms with E-state index in [1.807, 2.05) is 18.7 Å². The van der Waals surface area contributed by atoms with Crippen LogP contribution in [0.4, 0.5) is 0 Å². The highest BCUT2D eigenvalue weighted by Gasteiger charge is 2.50. The van der Waals surface area contributed by atoms with Gasteiger partial charge in [-0.25, -0.2) is 25.3 Å². The van der Waals surface area contributed by atoms with Crippen LogP contribution in [0, 0.1) is 5.41 Å². The number of aliphatic imine (C=N–C) groups is 1. The van der Waals surface area contributed by atoms with Crippen LogP contribution in [-0.4, -0.2) is 122 Å². The number of hydrogen-bond donors (Lipinski definition) is 1. The maximum Gasteiger partial charge on any atom is 0.258 e. The number of fused-ring (bicyclic) bond motifs is 3. The van der Waals surface area contributed by atoms with Crippen LogP contribution in [0.1, 0.15) is 79.6 Å². The number of rotatable bonds is 4. The van der Waals surface area contributed by atoms with Crippen molar-refractivity contribution in [1.29, 1.82) is 0 Å². The molecule has 239 valence electrons. The average molecular weight is 649 g/mol. The third kappa shape index (κ3) is 8.39. The van der Waals surface area contributed by atoms with Crippen molar-refractivity contribution < 1.29 is 25.3 Å². The quantitative estimate of drug-likeness (QED) is 0.445. The summed E-state index contributed by atoms with van der Waals surface area (Å²) >= 11 is 0. The Balaban J connectivity index is 0.000000221. The molecular weight excluding hydrogens is 601 g/mol. The van der Waals surface area contributed by atoms with E-state index in [9.17, 15) is 25.3 Å². The van der Waals surface area contributed by atoms with Crippen molar-refractivity contribution >= 4 is 56.1 Å². The summed E-state index contributed by atoms with van der Waals surface area (Å²) in [5.41, 5.74) is 0.0717. The fraction of sp³-hybridized carbons (Fsp3) is 0.880. The Morgan fingerprint density at radius 1 is 0.905 bits per heavy atom. The lowest BCUT2D eigenvalue weighted by molar-refractivity contribution is 0.104. The zero-order valence-electron chi connectivity index (χ0n) is 24.3. The Bertz CT molecular complexity index is 1360. The fourth-order valence-electron chi connectivity index (χ4n) is 6.16. The molecule has 0 spiro atoms. The third-order valence-electron chi connectivity index (χ3n) is 8.42. The highest BCUT2D eigenvalue weighted by molar-refractivity contribution is 7.90. The molecule has 0 atom stereocenters. The molecule has 1 aliphatic carbocycles.